The third-order valence-electron chi connectivity index (χ3n) is 3.33. The van der Waals surface area contributed by atoms with E-state index in [9.17, 15) is 4.79 Å². The Hall–Kier alpha value is -2.04. The first kappa shape index (κ1) is 16.3. The summed E-state index contributed by atoms with van der Waals surface area (Å²) in [5.41, 5.74) is 12.9. The first-order chi connectivity index (χ1) is 10.5. The maximum absolute atomic E-state index is 10.9. The molecule has 1 atom stereocenters. The van der Waals surface area contributed by atoms with Gasteiger partial charge in [-0.05, 0) is 48.2 Å². The maximum Gasteiger partial charge on any atom is 0.234 e. The van der Waals surface area contributed by atoms with Gasteiger partial charge < -0.3 is 16.2 Å². The molecule has 2 aromatic carbocycles. The number of hydrogen-bond donors (Lipinski definition) is 2. The van der Waals surface area contributed by atoms with Crippen LogP contribution in [0.3, 0.4) is 0 Å². The molecule has 4 N–H and O–H groups in total. The van der Waals surface area contributed by atoms with Crippen LogP contribution >= 0.6 is 11.6 Å². The van der Waals surface area contributed by atoms with Gasteiger partial charge in [-0.15, -0.1) is 0 Å². The predicted octanol–water partition coefficient (Wildman–Crippen LogP) is 2.66. The van der Waals surface area contributed by atoms with Gasteiger partial charge in [0.1, 0.15) is 12.4 Å². The molecule has 1 amide bonds. The molecule has 0 aliphatic heterocycles. The second-order valence-electron chi connectivity index (χ2n) is 5.11. The Kier molecular flexibility index (Phi) is 5.81. The topological polar surface area (TPSA) is 78.3 Å². The second-order valence-corrected chi connectivity index (χ2v) is 5.55. The van der Waals surface area contributed by atoms with Gasteiger partial charge in [0.25, 0.3) is 0 Å². The lowest BCUT2D eigenvalue weighted by Gasteiger charge is -2.09. The summed E-state index contributed by atoms with van der Waals surface area (Å²) < 4.78 is 5.71. The lowest BCUT2D eigenvalue weighted by Crippen LogP contribution is -2.36. The molecule has 0 radical (unpaired) electrons. The fourth-order valence-electron chi connectivity index (χ4n) is 2.01. The number of aryl methyl sites for hydroxylation is 1. The van der Waals surface area contributed by atoms with Crippen LogP contribution in [-0.4, -0.2) is 11.9 Å². The highest BCUT2D eigenvalue weighted by Crippen LogP contribution is 2.17. The number of primary amides is 1. The van der Waals surface area contributed by atoms with E-state index in [1.165, 1.54) is 0 Å². The molecular formula is C17H19ClN2O2. The van der Waals surface area contributed by atoms with E-state index in [1.807, 2.05) is 48.5 Å². The van der Waals surface area contributed by atoms with Gasteiger partial charge >= 0.3 is 0 Å². The number of amides is 1. The van der Waals surface area contributed by atoms with Crippen molar-refractivity contribution in [3.63, 3.8) is 0 Å². The Morgan fingerprint density at radius 2 is 1.86 bits per heavy atom. The zero-order valence-corrected chi connectivity index (χ0v) is 12.9. The molecule has 4 nitrogen and oxygen atoms in total. The van der Waals surface area contributed by atoms with Crippen molar-refractivity contribution in [3.8, 4) is 5.75 Å². The van der Waals surface area contributed by atoms with Crippen molar-refractivity contribution >= 4 is 17.5 Å². The van der Waals surface area contributed by atoms with E-state index in [1.54, 1.807) is 0 Å². The van der Waals surface area contributed by atoms with Gasteiger partial charge in [-0.3, -0.25) is 4.79 Å². The van der Waals surface area contributed by atoms with E-state index in [0.717, 1.165) is 16.9 Å². The molecule has 0 aromatic heterocycles. The highest BCUT2D eigenvalue weighted by atomic mass is 35.5. The number of ether oxygens (including phenoxy) is 1. The minimum absolute atomic E-state index is 0.465. The van der Waals surface area contributed by atoms with Crippen molar-refractivity contribution < 1.29 is 9.53 Å². The molecule has 0 saturated carbocycles. The van der Waals surface area contributed by atoms with Crippen molar-refractivity contribution in [1.82, 2.24) is 0 Å². The molecule has 0 spiro atoms. The molecule has 0 fully saturated rings. The lowest BCUT2D eigenvalue weighted by molar-refractivity contribution is -0.119. The van der Waals surface area contributed by atoms with Gasteiger partial charge in [0.2, 0.25) is 5.91 Å². The van der Waals surface area contributed by atoms with Crippen LogP contribution in [-0.2, 0) is 17.8 Å². The van der Waals surface area contributed by atoms with E-state index in [0.29, 0.717) is 24.5 Å². The van der Waals surface area contributed by atoms with Crippen molar-refractivity contribution in [2.45, 2.75) is 25.5 Å². The summed E-state index contributed by atoms with van der Waals surface area (Å²) in [6.07, 6.45) is 1.25. The number of benzene rings is 2. The smallest absolute Gasteiger partial charge is 0.234 e. The van der Waals surface area contributed by atoms with Gasteiger partial charge in [-0.25, -0.2) is 0 Å². The highest BCUT2D eigenvalue weighted by Gasteiger charge is 2.08. The summed E-state index contributed by atoms with van der Waals surface area (Å²) in [6, 6.07) is 14.7. The molecule has 0 saturated heterocycles. The number of carbonyl (C=O) groups is 1. The molecule has 0 heterocycles. The largest absolute Gasteiger partial charge is 0.489 e. The van der Waals surface area contributed by atoms with Crippen LogP contribution in [0.4, 0.5) is 0 Å². The summed E-state index contributed by atoms with van der Waals surface area (Å²) in [5.74, 6) is 0.310. The summed E-state index contributed by atoms with van der Waals surface area (Å²) in [6.45, 7) is 0.465. The van der Waals surface area contributed by atoms with Gasteiger partial charge in [-0.2, -0.15) is 0 Å². The lowest BCUT2D eigenvalue weighted by atomic mass is 10.1. The number of nitrogens with two attached hydrogens (primary N) is 2. The molecule has 2 rings (SSSR count). The number of halogens is 1. The van der Waals surface area contributed by atoms with Crippen LogP contribution in [0.2, 0.25) is 5.02 Å². The van der Waals surface area contributed by atoms with Gasteiger partial charge in [0.05, 0.1) is 6.04 Å². The minimum Gasteiger partial charge on any atom is -0.489 e. The molecule has 116 valence electrons. The van der Waals surface area contributed by atoms with Crippen LogP contribution in [0.5, 0.6) is 5.75 Å². The normalized spacial score (nSPS) is 11.9. The second kappa shape index (κ2) is 7.82. The van der Waals surface area contributed by atoms with Gasteiger partial charge in [0, 0.05) is 5.02 Å². The standard InChI is InChI=1S/C17H19ClN2O2/c18-14-3-1-2-13(10-14)11-22-15-7-4-12(5-8-15)6-9-16(19)17(20)21/h1-5,7-8,10,16H,6,9,11,19H2,(H2,20,21). The minimum atomic E-state index is -0.598. The molecule has 0 bridgehead atoms. The number of carbonyl (C=O) groups excluding carboxylic acids is 1. The Balaban J connectivity index is 1.85. The number of rotatable bonds is 7. The fraction of sp³-hybridized carbons (Fsp3) is 0.235. The molecule has 2 aromatic rings. The van der Waals surface area contributed by atoms with Crippen molar-refractivity contribution in [2.75, 3.05) is 0 Å². The number of hydrogen-bond acceptors (Lipinski definition) is 3. The van der Waals surface area contributed by atoms with E-state index >= 15 is 0 Å². The third kappa shape index (κ3) is 5.06. The Labute approximate surface area is 135 Å². The molecular weight excluding hydrogens is 300 g/mol. The Morgan fingerprint density at radius 1 is 1.14 bits per heavy atom. The molecule has 1 unspecified atom stereocenters. The fourth-order valence-corrected chi connectivity index (χ4v) is 2.22. The zero-order valence-electron chi connectivity index (χ0n) is 12.2. The van der Waals surface area contributed by atoms with E-state index < -0.39 is 11.9 Å². The summed E-state index contributed by atoms with van der Waals surface area (Å²) >= 11 is 5.93. The van der Waals surface area contributed by atoms with E-state index in [2.05, 4.69) is 0 Å². The maximum atomic E-state index is 10.9. The summed E-state index contributed by atoms with van der Waals surface area (Å²) in [5, 5.41) is 0.697. The average Bonchev–Trinajstić information content (AvgIpc) is 2.51. The van der Waals surface area contributed by atoms with Crippen molar-refractivity contribution in [2.24, 2.45) is 11.5 Å². The average molecular weight is 319 g/mol. The first-order valence-electron chi connectivity index (χ1n) is 7.05. The van der Waals surface area contributed by atoms with Crippen LogP contribution in [0.25, 0.3) is 0 Å². The van der Waals surface area contributed by atoms with Gasteiger partial charge in [0.15, 0.2) is 0 Å². The highest BCUT2D eigenvalue weighted by molar-refractivity contribution is 6.30. The van der Waals surface area contributed by atoms with Crippen molar-refractivity contribution in [1.29, 1.82) is 0 Å². The summed E-state index contributed by atoms with van der Waals surface area (Å²) in [4.78, 5) is 10.9. The summed E-state index contributed by atoms with van der Waals surface area (Å²) in [7, 11) is 0. The molecule has 0 aliphatic carbocycles. The zero-order chi connectivity index (χ0) is 15.9. The van der Waals surface area contributed by atoms with Crippen molar-refractivity contribution in [3.05, 3.63) is 64.7 Å². The Bertz CT molecular complexity index is 629. The molecule has 0 aliphatic rings. The van der Waals surface area contributed by atoms with Crippen LogP contribution in [0.1, 0.15) is 17.5 Å². The third-order valence-corrected chi connectivity index (χ3v) is 3.56. The van der Waals surface area contributed by atoms with Gasteiger partial charge in [-0.1, -0.05) is 35.9 Å². The molecule has 22 heavy (non-hydrogen) atoms. The van der Waals surface area contributed by atoms with Crippen LogP contribution < -0.4 is 16.2 Å². The van der Waals surface area contributed by atoms with Crippen LogP contribution in [0.15, 0.2) is 48.5 Å². The monoisotopic (exact) mass is 318 g/mol. The SMILES string of the molecule is NC(=O)C(N)CCc1ccc(OCc2cccc(Cl)c2)cc1. The van der Waals surface area contributed by atoms with E-state index in [-0.39, 0.29) is 0 Å². The van der Waals surface area contributed by atoms with E-state index in [4.69, 9.17) is 27.8 Å². The Morgan fingerprint density at radius 3 is 2.50 bits per heavy atom. The first-order valence-corrected chi connectivity index (χ1v) is 7.43. The van der Waals surface area contributed by atoms with Crippen LogP contribution in [0, 0.1) is 0 Å². The quantitative estimate of drug-likeness (QED) is 0.823. The predicted molar refractivity (Wildman–Crippen MR) is 87.7 cm³/mol. The molecule has 5 heteroatoms.